The lowest BCUT2D eigenvalue weighted by Crippen LogP contribution is -2.34. The zero-order chi connectivity index (χ0) is 28.5. The third kappa shape index (κ3) is 5.93. The van der Waals surface area contributed by atoms with E-state index in [1.807, 2.05) is 0 Å². The van der Waals surface area contributed by atoms with E-state index < -0.39 is 47.4 Å². The molecule has 0 fully saturated rings. The second kappa shape index (κ2) is 10.5. The Bertz CT molecular complexity index is 1500. The highest BCUT2D eigenvalue weighted by Gasteiger charge is 2.37. The predicted octanol–water partition coefficient (Wildman–Crippen LogP) is 5.99. The molecule has 0 unspecified atom stereocenters. The van der Waals surface area contributed by atoms with Crippen molar-refractivity contribution in [2.24, 2.45) is 0 Å². The summed E-state index contributed by atoms with van der Waals surface area (Å²) in [5.41, 5.74) is -3.51. The van der Waals surface area contributed by atoms with E-state index in [-0.39, 0.29) is 33.6 Å². The molecule has 2 heterocycles. The second-order valence-corrected chi connectivity index (χ2v) is 8.65. The van der Waals surface area contributed by atoms with Crippen LogP contribution in [0.2, 0.25) is 5.02 Å². The molecule has 14 heteroatoms. The molecule has 4 aromatic rings. The maximum absolute atomic E-state index is 13.4. The molecule has 7 nitrogen and oxygen atoms in total. The van der Waals surface area contributed by atoms with Gasteiger partial charge in [-0.1, -0.05) is 28.9 Å². The zero-order valence-electron chi connectivity index (χ0n) is 19.8. The molecule has 0 spiro atoms. The van der Waals surface area contributed by atoms with Gasteiger partial charge in [-0.05, 0) is 48.0 Å². The van der Waals surface area contributed by atoms with Crippen molar-refractivity contribution in [3.63, 3.8) is 0 Å². The Morgan fingerprint density at radius 1 is 0.897 bits per heavy atom. The van der Waals surface area contributed by atoms with Crippen LogP contribution in [0.5, 0.6) is 0 Å². The molecule has 2 amide bonds. The molecule has 2 aromatic carbocycles. The fourth-order valence-electron chi connectivity index (χ4n) is 3.71. The average molecular weight is 568 g/mol. The third-order valence-corrected chi connectivity index (χ3v) is 5.91. The van der Waals surface area contributed by atoms with Gasteiger partial charge < -0.3 is 0 Å². The number of nitrogens with zero attached hydrogens (tertiary/aromatic N) is 5. The molecule has 4 rings (SSSR count). The molecule has 0 aliphatic heterocycles. The third-order valence-electron chi connectivity index (χ3n) is 5.58. The lowest BCUT2D eigenvalue weighted by Gasteiger charge is -2.17. The highest BCUT2D eigenvalue weighted by Crippen LogP contribution is 2.37. The van der Waals surface area contributed by atoms with Gasteiger partial charge in [0, 0.05) is 25.0 Å². The maximum atomic E-state index is 13.4. The number of carbonyl (C=O) groups excluding carboxylic acids is 2. The summed E-state index contributed by atoms with van der Waals surface area (Å²) in [6.45, 7) is -0.604. The molecule has 0 saturated heterocycles. The van der Waals surface area contributed by atoms with Crippen molar-refractivity contribution in [3.05, 3.63) is 100.0 Å². The molecule has 0 saturated carbocycles. The van der Waals surface area contributed by atoms with Gasteiger partial charge in [0.2, 0.25) is 0 Å². The molecule has 0 radical (unpaired) electrons. The zero-order valence-corrected chi connectivity index (χ0v) is 20.5. The molecule has 0 bridgehead atoms. The predicted molar refractivity (Wildman–Crippen MR) is 127 cm³/mol. The monoisotopic (exact) mass is 567 g/mol. The van der Waals surface area contributed by atoms with Crippen molar-refractivity contribution in [2.45, 2.75) is 18.9 Å². The van der Waals surface area contributed by atoms with Crippen molar-refractivity contribution in [2.75, 3.05) is 7.05 Å². The lowest BCUT2D eigenvalue weighted by molar-refractivity contribution is -0.143. The molecule has 2 aromatic heterocycles. The summed E-state index contributed by atoms with van der Waals surface area (Å²) in [7, 11) is 1.17. The van der Waals surface area contributed by atoms with E-state index in [1.54, 1.807) is 12.1 Å². The first-order valence-corrected chi connectivity index (χ1v) is 11.3. The van der Waals surface area contributed by atoms with Gasteiger partial charge in [-0.2, -0.15) is 26.3 Å². The molecule has 0 aliphatic rings. The standard InChI is InChI=1S/C25H16ClF6N5O2/c1-36(22(38)18-4-2-3-5-19(18)26)23(39)20-21(15-6-8-33-9-7-15)37(35-34-20)13-14-10-16(24(27,28)29)12-17(11-14)25(30,31)32/h2-12H,13H2,1H3. The van der Waals surface area contributed by atoms with Crippen LogP contribution in [0.3, 0.4) is 0 Å². The van der Waals surface area contributed by atoms with E-state index in [0.717, 1.165) is 9.58 Å². The summed E-state index contributed by atoms with van der Waals surface area (Å²) in [5, 5.41) is 7.73. The van der Waals surface area contributed by atoms with Crippen molar-refractivity contribution >= 4 is 23.4 Å². The highest BCUT2D eigenvalue weighted by molar-refractivity contribution is 6.34. The van der Waals surface area contributed by atoms with E-state index in [2.05, 4.69) is 15.3 Å². The average Bonchev–Trinajstić information content (AvgIpc) is 3.30. The number of pyridine rings is 1. The molecular weight excluding hydrogens is 552 g/mol. The first-order chi connectivity index (χ1) is 18.3. The van der Waals surface area contributed by atoms with Gasteiger partial charge in [0.25, 0.3) is 11.8 Å². The SMILES string of the molecule is CN(C(=O)c1ccccc1Cl)C(=O)c1nnn(Cc2cc(C(F)(F)F)cc(C(F)(F)F)c2)c1-c1ccncc1. The minimum atomic E-state index is -5.05. The fraction of sp³-hybridized carbons (Fsp3) is 0.160. The number of carbonyl (C=O) groups is 2. The number of alkyl halides is 6. The van der Waals surface area contributed by atoms with Crippen molar-refractivity contribution in [3.8, 4) is 11.3 Å². The number of imide groups is 1. The van der Waals surface area contributed by atoms with Gasteiger partial charge in [-0.3, -0.25) is 19.5 Å². The number of hydrogen-bond donors (Lipinski definition) is 0. The quantitative estimate of drug-likeness (QED) is 0.219. The molecule has 0 atom stereocenters. The summed E-state index contributed by atoms with van der Waals surface area (Å²) in [4.78, 5) is 30.9. The fourth-order valence-corrected chi connectivity index (χ4v) is 3.93. The molecule has 0 N–H and O–H groups in total. The summed E-state index contributed by atoms with van der Waals surface area (Å²) in [6, 6.07) is 10.00. The summed E-state index contributed by atoms with van der Waals surface area (Å²) >= 11 is 6.07. The van der Waals surface area contributed by atoms with Crippen LogP contribution in [0.4, 0.5) is 26.3 Å². The van der Waals surface area contributed by atoms with Crippen molar-refractivity contribution in [1.29, 1.82) is 0 Å². The van der Waals surface area contributed by atoms with Crippen LogP contribution in [0, 0.1) is 0 Å². The van der Waals surface area contributed by atoms with Crippen LogP contribution in [0.15, 0.2) is 67.0 Å². The minimum absolute atomic E-state index is 0.0128. The van der Waals surface area contributed by atoms with Crippen LogP contribution in [0.25, 0.3) is 11.3 Å². The lowest BCUT2D eigenvalue weighted by atomic mass is 10.0. The Labute approximate surface area is 221 Å². The Kier molecular flexibility index (Phi) is 7.46. The molecule has 0 aliphatic carbocycles. The first kappa shape index (κ1) is 27.8. The minimum Gasteiger partial charge on any atom is -0.276 e. The first-order valence-electron chi connectivity index (χ1n) is 11.0. The van der Waals surface area contributed by atoms with Crippen molar-refractivity contribution < 1.29 is 35.9 Å². The second-order valence-electron chi connectivity index (χ2n) is 8.24. The Morgan fingerprint density at radius 3 is 2.05 bits per heavy atom. The van der Waals surface area contributed by atoms with Gasteiger partial charge in [0.05, 0.1) is 28.3 Å². The number of hydrogen-bond acceptors (Lipinski definition) is 5. The summed E-state index contributed by atoms with van der Waals surface area (Å²) < 4.78 is 81.1. The van der Waals surface area contributed by atoms with Crippen LogP contribution in [-0.4, -0.2) is 43.7 Å². The van der Waals surface area contributed by atoms with Gasteiger partial charge in [-0.25, -0.2) is 4.68 Å². The van der Waals surface area contributed by atoms with Gasteiger partial charge in [-0.15, -0.1) is 5.10 Å². The molecular formula is C25H16ClF6N5O2. The molecule has 39 heavy (non-hydrogen) atoms. The highest BCUT2D eigenvalue weighted by atomic mass is 35.5. The topological polar surface area (TPSA) is 81.0 Å². The number of benzene rings is 2. The van der Waals surface area contributed by atoms with E-state index in [1.165, 1.54) is 43.7 Å². The van der Waals surface area contributed by atoms with Crippen LogP contribution in [0.1, 0.15) is 37.5 Å². The smallest absolute Gasteiger partial charge is 0.276 e. The van der Waals surface area contributed by atoms with E-state index in [9.17, 15) is 35.9 Å². The molecule has 202 valence electrons. The number of rotatable bonds is 5. The number of aromatic nitrogens is 4. The van der Waals surface area contributed by atoms with Gasteiger partial charge >= 0.3 is 12.4 Å². The van der Waals surface area contributed by atoms with E-state index in [4.69, 9.17) is 11.6 Å². The van der Waals surface area contributed by atoms with Gasteiger partial charge in [0.15, 0.2) is 5.69 Å². The number of halogens is 7. The normalized spacial score (nSPS) is 11.9. The van der Waals surface area contributed by atoms with Crippen LogP contribution in [-0.2, 0) is 18.9 Å². The van der Waals surface area contributed by atoms with Crippen molar-refractivity contribution in [1.82, 2.24) is 24.9 Å². The largest absolute Gasteiger partial charge is 0.416 e. The van der Waals surface area contributed by atoms with Crippen LogP contribution < -0.4 is 0 Å². The summed E-state index contributed by atoms with van der Waals surface area (Å²) in [6.07, 6.45) is -7.39. The van der Waals surface area contributed by atoms with Crippen LogP contribution >= 0.6 is 11.6 Å². The Hall–Kier alpha value is -4.26. The van der Waals surface area contributed by atoms with E-state index in [0.29, 0.717) is 12.1 Å². The number of amides is 2. The van der Waals surface area contributed by atoms with Gasteiger partial charge in [0.1, 0.15) is 5.69 Å². The Balaban J connectivity index is 1.79. The maximum Gasteiger partial charge on any atom is 0.416 e. The summed E-state index contributed by atoms with van der Waals surface area (Å²) in [5.74, 6) is -1.70. The Morgan fingerprint density at radius 2 is 1.49 bits per heavy atom. The van der Waals surface area contributed by atoms with E-state index >= 15 is 0 Å².